The monoisotopic (exact) mass is 342 g/mol. The molecule has 0 aliphatic heterocycles. The Hall–Kier alpha value is -2.53. The minimum atomic E-state index is -0.533. The first kappa shape index (κ1) is 18.8. The van der Waals surface area contributed by atoms with Gasteiger partial charge in [0.1, 0.15) is 5.82 Å². The molecule has 0 bridgehead atoms. The molecule has 2 aromatic carbocycles. The lowest BCUT2D eigenvalue weighted by Crippen LogP contribution is -2.45. The zero-order valence-corrected chi connectivity index (χ0v) is 14.5. The number of likely N-dealkylation sites (N-methyl/N-ethyl adjacent to an activating group) is 1. The Kier molecular flexibility index (Phi) is 6.83. The van der Waals surface area contributed by atoms with Crippen molar-refractivity contribution in [2.24, 2.45) is 0 Å². The lowest BCUT2D eigenvalue weighted by atomic mass is 10.0. The normalized spacial score (nSPS) is 12.0. The summed E-state index contributed by atoms with van der Waals surface area (Å²) in [6.07, 6.45) is 0.476. The fourth-order valence-corrected chi connectivity index (χ4v) is 2.59. The highest BCUT2D eigenvalue weighted by molar-refractivity contribution is 5.88. The lowest BCUT2D eigenvalue weighted by molar-refractivity contribution is -0.127. The Balaban J connectivity index is 1.87. The predicted molar refractivity (Wildman–Crippen MR) is 95.5 cm³/mol. The summed E-state index contributed by atoms with van der Waals surface area (Å²) in [5, 5.41) is 2.80. The fourth-order valence-electron chi connectivity index (χ4n) is 2.59. The molecule has 1 N–H and O–H groups in total. The van der Waals surface area contributed by atoms with Crippen LogP contribution in [-0.2, 0) is 22.6 Å². The Morgan fingerprint density at radius 3 is 2.28 bits per heavy atom. The van der Waals surface area contributed by atoms with E-state index in [9.17, 15) is 14.0 Å². The number of carbonyl (C=O) groups excluding carboxylic acids is 2. The Morgan fingerprint density at radius 2 is 1.68 bits per heavy atom. The van der Waals surface area contributed by atoms with Crippen LogP contribution in [0.3, 0.4) is 0 Å². The summed E-state index contributed by atoms with van der Waals surface area (Å²) in [5.41, 5.74) is 1.92. The van der Waals surface area contributed by atoms with E-state index in [1.807, 2.05) is 42.3 Å². The molecule has 2 aromatic rings. The van der Waals surface area contributed by atoms with Crippen molar-refractivity contribution >= 4 is 11.7 Å². The molecule has 4 nitrogen and oxygen atoms in total. The summed E-state index contributed by atoms with van der Waals surface area (Å²) in [7, 11) is 1.81. The maximum atomic E-state index is 12.9. The van der Waals surface area contributed by atoms with Crippen LogP contribution >= 0.6 is 0 Å². The summed E-state index contributed by atoms with van der Waals surface area (Å²) in [6.45, 7) is 2.17. The number of amides is 1. The van der Waals surface area contributed by atoms with Gasteiger partial charge in [-0.1, -0.05) is 42.5 Å². The van der Waals surface area contributed by atoms with E-state index in [1.54, 1.807) is 12.1 Å². The molecular formula is C20H23FN2O2. The highest BCUT2D eigenvalue weighted by atomic mass is 19.1. The average molecular weight is 342 g/mol. The van der Waals surface area contributed by atoms with Gasteiger partial charge < -0.3 is 5.32 Å². The largest absolute Gasteiger partial charge is 0.345 e. The number of benzene rings is 2. The fraction of sp³-hybridized carbons (Fsp3) is 0.300. The van der Waals surface area contributed by atoms with Crippen LogP contribution in [0.4, 0.5) is 4.39 Å². The molecule has 1 amide bonds. The molecular weight excluding hydrogens is 319 g/mol. The third-order valence-electron chi connectivity index (χ3n) is 3.89. The summed E-state index contributed by atoms with van der Waals surface area (Å²) in [5.74, 6) is -0.562. The number of hydrogen-bond acceptors (Lipinski definition) is 3. The topological polar surface area (TPSA) is 49.4 Å². The minimum absolute atomic E-state index is 0.0709. The summed E-state index contributed by atoms with van der Waals surface area (Å²) in [6, 6.07) is 15.2. The van der Waals surface area contributed by atoms with E-state index in [-0.39, 0.29) is 24.1 Å². The second kappa shape index (κ2) is 9.08. The molecule has 0 aliphatic carbocycles. The molecule has 5 heteroatoms. The molecule has 132 valence electrons. The molecule has 0 radical (unpaired) electrons. The van der Waals surface area contributed by atoms with Crippen molar-refractivity contribution in [1.82, 2.24) is 10.2 Å². The van der Waals surface area contributed by atoms with Gasteiger partial charge in [0.05, 0.1) is 12.6 Å². The van der Waals surface area contributed by atoms with E-state index in [0.29, 0.717) is 13.0 Å². The third-order valence-corrected chi connectivity index (χ3v) is 3.89. The smallest absolute Gasteiger partial charge is 0.234 e. The number of nitrogens with zero attached hydrogens (tertiary/aromatic N) is 1. The van der Waals surface area contributed by atoms with Gasteiger partial charge >= 0.3 is 0 Å². The van der Waals surface area contributed by atoms with E-state index in [4.69, 9.17) is 0 Å². The van der Waals surface area contributed by atoms with Crippen LogP contribution < -0.4 is 5.32 Å². The van der Waals surface area contributed by atoms with Gasteiger partial charge in [-0.3, -0.25) is 14.5 Å². The molecule has 1 atom stereocenters. The summed E-state index contributed by atoms with van der Waals surface area (Å²) < 4.78 is 12.9. The zero-order chi connectivity index (χ0) is 18.2. The second-order valence-corrected chi connectivity index (χ2v) is 6.22. The summed E-state index contributed by atoms with van der Waals surface area (Å²) in [4.78, 5) is 25.9. The van der Waals surface area contributed by atoms with E-state index in [0.717, 1.165) is 11.1 Å². The number of carbonyl (C=O) groups is 2. The van der Waals surface area contributed by atoms with Gasteiger partial charge in [-0.25, -0.2) is 4.39 Å². The van der Waals surface area contributed by atoms with Crippen molar-refractivity contribution in [1.29, 1.82) is 0 Å². The molecule has 0 aliphatic rings. The first-order chi connectivity index (χ1) is 11.9. The van der Waals surface area contributed by atoms with Crippen molar-refractivity contribution in [3.8, 4) is 0 Å². The molecule has 0 fully saturated rings. The maximum absolute atomic E-state index is 12.9. The van der Waals surface area contributed by atoms with Crippen LogP contribution in [-0.4, -0.2) is 36.2 Å². The molecule has 0 unspecified atom stereocenters. The Labute approximate surface area is 147 Å². The van der Waals surface area contributed by atoms with Crippen molar-refractivity contribution in [2.75, 3.05) is 13.6 Å². The van der Waals surface area contributed by atoms with Crippen LogP contribution in [0.5, 0.6) is 0 Å². The molecule has 2 rings (SSSR count). The van der Waals surface area contributed by atoms with E-state index in [2.05, 4.69) is 5.32 Å². The van der Waals surface area contributed by atoms with Crippen LogP contribution in [0.15, 0.2) is 54.6 Å². The van der Waals surface area contributed by atoms with Crippen LogP contribution in [0.25, 0.3) is 0 Å². The summed E-state index contributed by atoms with van der Waals surface area (Å²) >= 11 is 0. The van der Waals surface area contributed by atoms with Gasteiger partial charge in [-0.15, -0.1) is 0 Å². The van der Waals surface area contributed by atoms with E-state index in [1.165, 1.54) is 19.1 Å². The van der Waals surface area contributed by atoms with Gasteiger partial charge in [0, 0.05) is 6.54 Å². The predicted octanol–water partition coefficient (Wildman–Crippen LogP) is 2.57. The number of Topliss-reactive ketones (excluding diaryl/α,β-unsaturated/α-hetero) is 1. The minimum Gasteiger partial charge on any atom is -0.345 e. The zero-order valence-electron chi connectivity index (χ0n) is 14.5. The van der Waals surface area contributed by atoms with Crippen LogP contribution in [0.2, 0.25) is 0 Å². The molecule has 0 spiro atoms. The Morgan fingerprint density at radius 1 is 1.04 bits per heavy atom. The second-order valence-electron chi connectivity index (χ2n) is 6.22. The van der Waals surface area contributed by atoms with Crippen molar-refractivity contribution in [3.63, 3.8) is 0 Å². The van der Waals surface area contributed by atoms with Crippen molar-refractivity contribution < 1.29 is 14.0 Å². The van der Waals surface area contributed by atoms with Crippen LogP contribution in [0, 0.1) is 5.82 Å². The van der Waals surface area contributed by atoms with Gasteiger partial charge in [0.15, 0.2) is 5.78 Å². The average Bonchev–Trinajstić information content (AvgIpc) is 2.57. The standard InChI is InChI=1S/C20H23FN2O2/c1-15(24)19(12-16-6-4-3-5-7-16)22-20(25)14-23(2)13-17-8-10-18(21)11-9-17/h3-11,19H,12-14H2,1-2H3,(H,22,25)/t19-/m1/s1. The number of ketones is 1. The van der Waals surface area contributed by atoms with E-state index < -0.39 is 6.04 Å². The van der Waals surface area contributed by atoms with Gasteiger partial charge in [0.2, 0.25) is 5.91 Å². The van der Waals surface area contributed by atoms with Crippen molar-refractivity contribution in [2.45, 2.75) is 25.9 Å². The van der Waals surface area contributed by atoms with E-state index >= 15 is 0 Å². The molecule has 0 heterocycles. The number of nitrogens with one attached hydrogen (secondary N) is 1. The third kappa shape index (κ3) is 6.47. The van der Waals surface area contributed by atoms with Crippen LogP contribution in [0.1, 0.15) is 18.1 Å². The molecule has 25 heavy (non-hydrogen) atoms. The first-order valence-electron chi connectivity index (χ1n) is 8.21. The molecule has 0 aromatic heterocycles. The lowest BCUT2D eigenvalue weighted by Gasteiger charge is -2.20. The quantitative estimate of drug-likeness (QED) is 0.802. The first-order valence-corrected chi connectivity index (χ1v) is 8.21. The molecule has 0 saturated heterocycles. The molecule has 0 saturated carbocycles. The SMILES string of the molecule is CC(=O)[C@@H](Cc1ccccc1)NC(=O)CN(C)Cc1ccc(F)cc1. The van der Waals surface area contributed by atoms with Crippen molar-refractivity contribution in [3.05, 3.63) is 71.5 Å². The highest BCUT2D eigenvalue weighted by Crippen LogP contribution is 2.06. The number of hydrogen-bond donors (Lipinski definition) is 1. The maximum Gasteiger partial charge on any atom is 0.234 e. The van der Waals surface area contributed by atoms with Gasteiger partial charge in [-0.05, 0) is 43.7 Å². The number of rotatable bonds is 8. The van der Waals surface area contributed by atoms with Gasteiger partial charge in [-0.2, -0.15) is 0 Å². The Bertz CT molecular complexity index is 701. The highest BCUT2D eigenvalue weighted by Gasteiger charge is 2.18. The number of halogens is 1. The van der Waals surface area contributed by atoms with Gasteiger partial charge in [0.25, 0.3) is 0 Å².